The van der Waals surface area contributed by atoms with Crippen LogP contribution in [0.1, 0.15) is 27.7 Å². The Labute approximate surface area is 150 Å². The maximum absolute atomic E-state index is 13.2. The van der Waals surface area contributed by atoms with Crippen LogP contribution in [0.5, 0.6) is 0 Å². The molecule has 25 heavy (non-hydrogen) atoms. The van der Waals surface area contributed by atoms with E-state index in [1.54, 1.807) is 23.6 Å². The van der Waals surface area contributed by atoms with Crippen molar-refractivity contribution in [2.75, 3.05) is 22.9 Å². The highest BCUT2D eigenvalue weighted by molar-refractivity contribution is 6.15. The molecule has 0 fully saturated rings. The number of benzene rings is 2. The molecule has 2 aromatic carbocycles. The molecule has 0 aliphatic heterocycles. The second kappa shape index (κ2) is 7.97. The van der Waals surface area contributed by atoms with Crippen molar-refractivity contribution in [3.8, 4) is 0 Å². The van der Waals surface area contributed by atoms with Gasteiger partial charge in [0.05, 0.1) is 0 Å². The minimum atomic E-state index is -1.16. The number of amides is 2. The van der Waals surface area contributed by atoms with Gasteiger partial charge in [0, 0.05) is 24.5 Å². The first-order valence-corrected chi connectivity index (χ1v) is 8.67. The van der Waals surface area contributed by atoms with Crippen LogP contribution in [0.25, 0.3) is 0 Å². The minimum absolute atomic E-state index is 0.194. The molecule has 0 spiro atoms. The first-order valence-electron chi connectivity index (χ1n) is 8.67. The molecule has 0 aromatic heterocycles. The summed E-state index contributed by atoms with van der Waals surface area (Å²) >= 11 is 0. The lowest BCUT2D eigenvalue weighted by atomic mass is 9.89. The maximum Gasteiger partial charge on any atom is 0.242 e. The Morgan fingerprint density at radius 1 is 0.720 bits per heavy atom. The average molecular weight is 338 g/mol. The van der Waals surface area contributed by atoms with Gasteiger partial charge in [0.15, 0.2) is 0 Å². The Morgan fingerprint density at radius 3 is 1.32 bits per heavy atom. The lowest BCUT2D eigenvalue weighted by Gasteiger charge is -2.34. The van der Waals surface area contributed by atoms with E-state index in [-0.39, 0.29) is 11.8 Å². The lowest BCUT2D eigenvalue weighted by molar-refractivity contribution is -0.138. The molecular formula is C21H26N2O2. The average Bonchev–Trinajstić information content (AvgIpc) is 2.64. The van der Waals surface area contributed by atoms with Crippen molar-refractivity contribution in [2.24, 2.45) is 5.41 Å². The third-order valence-electron chi connectivity index (χ3n) is 4.33. The van der Waals surface area contributed by atoms with Crippen molar-refractivity contribution in [2.45, 2.75) is 27.7 Å². The summed E-state index contributed by atoms with van der Waals surface area (Å²) in [4.78, 5) is 29.7. The van der Waals surface area contributed by atoms with Gasteiger partial charge in [-0.25, -0.2) is 0 Å². The van der Waals surface area contributed by atoms with E-state index < -0.39 is 5.41 Å². The molecule has 2 amide bonds. The van der Waals surface area contributed by atoms with Crippen LogP contribution in [0.4, 0.5) is 11.4 Å². The summed E-state index contributed by atoms with van der Waals surface area (Å²) in [5.74, 6) is -0.388. The Hall–Kier alpha value is -2.62. The highest BCUT2D eigenvalue weighted by Gasteiger charge is 2.42. The van der Waals surface area contributed by atoms with Gasteiger partial charge < -0.3 is 9.80 Å². The quantitative estimate of drug-likeness (QED) is 0.744. The predicted octanol–water partition coefficient (Wildman–Crippen LogP) is 4.12. The Kier molecular flexibility index (Phi) is 5.97. The minimum Gasteiger partial charge on any atom is -0.312 e. The van der Waals surface area contributed by atoms with Gasteiger partial charge >= 0.3 is 0 Å². The van der Waals surface area contributed by atoms with Gasteiger partial charge in [-0.05, 0) is 52.0 Å². The number of rotatable bonds is 6. The van der Waals surface area contributed by atoms with Crippen molar-refractivity contribution < 1.29 is 9.59 Å². The molecule has 0 saturated heterocycles. The van der Waals surface area contributed by atoms with Gasteiger partial charge in [0.2, 0.25) is 11.8 Å². The molecule has 0 atom stereocenters. The third-order valence-corrected chi connectivity index (χ3v) is 4.33. The fourth-order valence-corrected chi connectivity index (χ4v) is 2.87. The summed E-state index contributed by atoms with van der Waals surface area (Å²) in [5.41, 5.74) is 0.454. The van der Waals surface area contributed by atoms with Crippen molar-refractivity contribution in [1.82, 2.24) is 0 Å². The molecule has 0 radical (unpaired) electrons. The van der Waals surface area contributed by atoms with Crippen molar-refractivity contribution in [3.05, 3.63) is 60.7 Å². The largest absolute Gasteiger partial charge is 0.312 e. The standard InChI is InChI=1S/C21H26N2O2/c1-5-22(17-13-9-7-10-14-17)19(24)21(3,4)20(25)23(6-2)18-15-11-8-12-16-18/h7-16H,5-6H2,1-4H3. The predicted molar refractivity (Wildman–Crippen MR) is 103 cm³/mol. The molecule has 4 heteroatoms. The number of para-hydroxylation sites is 2. The fraction of sp³-hybridized carbons (Fsp3) is 0.333. The molecule has 0 unspecified atom stereocenters. The smallest absolute Gasteiger partial charge is 0.242 e. The summed E-state index contributed by atoms with van der Waals surface area (Å²) < 4.78 is 0. The van der Waals surface area contributed by atoms with Crippen LogP contribution >= 0.6 is 0 Å². The van der Waals surface area contributed by atoms with Crippen LogP contribution in [-0.4, -0.2) is 24.9 Å². The maximum atomic E-state index is 13.2. The van der Waals surface area contributed by atoms with Gasteiger partial charge in [0.25, 0.3) is 0 Å². The first kappa shape index (κ1) is 18.7. The summed E-state index contributed by atoms with van der Waals surface area (Å²) in [6, 6.07) is 18.9. The number of nitrogens with zero attached hydrogens (tertiary/aromatic N) is 2. The van der Waals surface area contributed by atoms with E-state index in [0.717, 1.165) is 11.4 Å². The molecule has 0 bridgehead atoms. The van der Waals surface area contributed by atoms with Gasteiger partial charge in [-0.15, -0.1) is 0 Å². The lowest BCUT2D eigenvalue weighted by Crippen LogP contribution is -2.51. The molecule has 4 nitrogen and oxygen atoms in total. The molecule has 2 aromatic rings. The normalized spacial score (nSPS) is 11.0. The number of carbonyl (C=O) groups is 2. The second-order valence-electron chi connectivity index (χ2n) is 6.39. The number of hydrogen-bond donors (Lipinski definition) is 0. The van der Waals surface area contributed by atoms with E-state index in [1.165, 1.54) is 0 Å². The number of anilines is 2. The molecule has 132 valence electrons. The first-order chi connectivity index (χ1) is 11.9. The summed E-state index contributed by atoms with van der Waals surface area (Å²) in [5, 5.41) is 0. The van der Waals surface area contributed by atoms with Crippen molar-refractivity contribution in [1.29, 1.82) is 0 Å². The fourth-order valence-electron chi connectivity index (χ4n) is 2.87. The van der Waals surface area contributed by atoms with Gasteiger partial charge in [-0.1, -0.05) is 36.4 Å². The SMILES string of the molecule is CCN(C(=O)C(C)(C)C(=O)N(CC)c1ccccc1)c1ccccc1. The Balaban J connectivity index is 2.32. The Bertz CT molecular complexity index is 650. The molecule has 0 N–H and O–H groups in total. The van der Waals surface area contributed by atoms with E-state index in [0.29, 0.717) is 13.1 Å². The zero-order valence-corrected chi connectivity index (χ0v) is 15.4. The highest BCUT2D eigenvalue weighted by atomic mass is 16.2. The van der Waals surface area contributed by atoms with Crippen molar-refractivity contribution >= 4 is 23.2 Å². The number of hydrogen-bond acceptors (Lipinski definition) is 2. The molecule has 0 aliphatic carbocycles. The van der Waals surface area contributed by atoms with Crippen LogP contribution in [0, 0.1) is 5.41 Å². The molecular weight excluding hydrogens is 312 g/mol. The van der Waals surface area contributed by atoms with Crippen LogP contribution in [-0.2, 0) is 9.59 Å². The van der Waals surface area contributed by atoms with Gasteiger partial charge in [-0.2, -0.15) is 0 Å². The van der Waals surface area contributed by atoms with E-state index in [9.17, 15) is 9.59 Å². The molecule has 2 rings (SSSR count). The zero-order valence-electron chi connectivity index (χ0n) is 15.4. The summed E-state index contributed by atoms with van der Waals surface area (Å²) in [6.07, 6.45) is 0. The molecule has 0 heterocycles. The molecule has 0 aliphatic rings. The second-order valence-corrected chi connectivity index (χ2v) is 6.39. The molecule has 0 saturated carbocycles. The monoisotopic (exact) mass is 338 g/mol. The van der Waals surface area contributed by atoms with Gasteiger partial charge in [-0.3, -0.25) is 9.59 Å². The van der Waals surface area contributed by atoms with E-state index in [2.05, 4.69) is 0 Å². The van der Waals surface area contributed by atoms with Crippen LogP contribution in [0.3, 0.4) is 0 Å². The Morgan fingerprint density at radius 2 is 1.04 bits per heavy atom. The zero-order chi connectivity index (χ0) is 18.4. The van der Waals surface area contributed by atoms with E-state index in [4.69, 9.17) is 0 Å². The van der Waals surface area contributed by atoms with Crippen molar-refractivity contribution in [3.63, 3.8) is 0 Å². The van der Waals surface area contributed by atoms with Crippen LogP contribution in [0.2, 0.25) is 0 Å². The number of carbonyl (C=O) groups excluding carboxylic acids is 2. The van der Waals surface area contributed by atoms with Gasteiger partial charge in [0.1, 0.15) is 5.41 Å². The van der Waals surface area contributed by atoms with Crippen LogP contribution in [0.15, 0.2) is 60.7 Å². The van der Waals surface area contributed by atoms with Crippen LogP contribution < -0.4 is 9.80 Å². The van der Waals surface area contributed by atoms with E-state index >= 15 is 0 Å². The van der Waals surface area contributed by atoms with E-state index in [1.807, 2.05) is 74.5 Å². The topological polar surface area (TPSA) is 40.6 Å². The summed E-state index contributed by atoms with van der Waals surface area (Å²) in [6.45, 7) is 8.26. The highest BCUT2D eigenvalue weighted by Crippen LogP contribution is 2.28. The third kappa shape index (κ3) is 3.90. The summed E-state index contributed by atoms with van der Waals surface area (Å²) in [7, 11) is 0.